The van der Waals surface area contributed by atoms with Crippen molar-refractivity contribution in [2.24, 2.45) is 0 Å². The van der Waals surface area contributed by atoms with E-state index >= 15 is 0 Å². The van der Waals surface area contributed by atoms with Crippen molar-refractivity contribution in [2.75, 3.05) is 20.7 Å². The molecule has 160 valence electrons. The van der Waals surface area contributed by atoms with Crippen LogP contribution in [-0.2, 0) is 9.53 Å². The van der Waals surface area contributed by atoms with Crippen LogP contribution in [0.15, 0.2) is 0 Å². The van der Waals surface area contributed by atoms with E-state index in [0.717, 1.165) is 12.8 Å². The van der Waals surface area contributed by atoms with E-state index in [4.69, 9.17) is 4.74 Å². The Bertz CT molecular complexity index is 339. The molecule has 0 atom stereocenters. The van der Waals surface area contributed by atoms with Gasteiger partial charge < -0.3 is 9.64 Å². The summed E-state index contributed by atoms with van der Waals surface area (Å²) in [6, 6.07) is 0. The first-order chi connectivity index (χ1) is 12.9. The highest BCUT2D eigenvalue weighted by Gasteiger charge is 2.22. The van der Waals surface area contributed by atoms with Gasteiger partial charge in [-0.15, -0.1) is 0 Å². The molecule has 0 aromatic carbocycles. The molecule has 0 fully saturated rings. The number of unbranched alkanes of at least 4 members (excludes halogenated alkanes) is 14. The van der Waals surface area contributed by atoms with Crippen molar-refractivity contribution in [3.8, 4) is 0 Å². The largest absolute Gasteiger partial charge is 0.464 e. The third-order valence-electron chi connectivity index (χ3n) is 5.43. The first kappa shape index (κ1) is 26.4. The van der Waals surface area contributed by atoms with E-state index in [9.17, 15) is 4.79 Å². The normalized spacial score (nSPS) is 11.9. The average molecular weight is 382 g/mol. The minimum atomic E-state index is -0.593. The maximum absolute atomic E-state index is 11.7. The minimum Gasteiger partial charge on any atom is -0.464 e. The quantitative estimate of drug-likeness (QED) is 0.183. The topological polar surface area (TPSA) is 29.5 Å². The molecule has 0 bridgehead atoms. The van der Waals surface area contributed by atoms with Crippen LogP contribution >= 0.6 is 0 Å². The lowest BCUT2D eigenvalue weighted by molar-refractivity contribution is -0.146. The van der Waals surface area contributed by atoms with E-state index in [1.54, 1.807) is 0 Å². The number of hydrogen-bond acceptors (Lipinski definition) is 3. The third kappa shape index (κ3) is 17.3. The van der Waals surface area contributed by atoms with Gasteiger partial charge in [-0.05, 0) is 34.4 Å². The van der Waals surface area contributed by atoms with Crippen molar-refractivity contribution in [3.05, 3.63) is 13.8 Å². The molecule has 0 aliphatic carbocycles. The lowest BCUT2D eigenvalue weighted by Crippen LogP contribution is -2.43. The van der Waals surface area contributed by atoms with Gasteiger partial charge in [-0.2, -0.15) is 0 Å². The molecule has 3 heteroatoms. The van der Waals surface area contributed by atoms with Crippen LogP contribution in [-0.4, -0.2) is 37.1 Å². The van der Waals surface area contributed by atoms with Gasteiger partial charge in [0.15, 0.2) is 0 Å². The van der Waals surface area contributed by atoms with E-state index < -0.39 is 5.54 Å². The maximum Gasteiger partial charge on any atom is 0.305 e. The van der Waals surface area contributed by atoms with Crippen LogP contribution < -0.4 is 0 Å². The molecule has 0 unspecified atom stereocenters. The highest BCUT2D eigenvalue weighted by Crippen LogP contribution is 2.14. The molecule has 0 saturated carbocycles. The smallest absolute Gasteiger partial charge is 0.305 e. The first-order valence-corrected chi connectivity index (χ1v) is 11.4. The van der Waals surface area contributed by atoms with Gasteiger partial charge in [-0.3, -0.25) is 4.79 Å². The fourth-order valence-electron chi connectivity index (χ4n) is 3.06. The standard InChI is InChI=1S/C24H47NO2/c1-6-7-8-9-10-11-12-13-14-15-16-17-18-19-20-21-23(26)27-22-24(2,3)25(4)5/h2-3,6-22H2,1,4-5H3. The molecule has 0 spiro atoms. The van der Waals surface area contributed by atoms with Crippen LogP contribution in [0.3, 0.4) is 0 Å². The Labute approximate surface area is 170 Å². The summed E-state index contributed by atoms with van der Waals surface area (Å²) in [4.78, 5) is 13.6. The second-order valence-electron chi connectivity index (χ2n) is 8.48. The second kappa shape index (κ2) is 17.5. The summed E-state index contributed by atoms with van der Waals surface area (Å²) in [5.41, 5.74) is -0.593. The molecular weight excluding hydrogens is 334 g/mol. The molecule has 0 aromatic rings. The van der Waals surface area contributed by atoms with Crippen molar-refractivity contribution in [1.82, 2.24) is 4.90 Å². The Morgan fingerprint density at radius 3 is 1.48 bits per heavy atom. The zero-order valence-electron chi connectivity index (χ0n) is 18.7. The van der Waals surface area contributed by atoms with Crippen molar-refractivity contribution in [1.29, 1.82) is 0 Å². The summed E-state index contributed by atoms with van der Waals surface area (Å²) in [5.74, 6) is -0.122. The van der Waals surface area contributed by atoms with E-state index in [-0.39, 0.29) is 12.6 Å². The molecular formula is C24H47NO2. The monoisotopic (exact) mass is 381 g/mol. The summed E-state index contributed by atoms with van der Waals surface area (Å²) < 4.78 is 5.28. The van der Waals surface area contributed by atoms with Gasteiger partial charge in [0.05, 0.1) is 5.54 Å². The molecule has 0 amide bonds. The van der Waals surface area contributed by atoms with Crippen molar-refractivity contribution in [2.45, 2.75) is 115 Å². The van der Waals surface area contributed by atoms with E-state index in [1.807, 2.05) is 19.0 Å². The number of ether oxygens (including phenoxy) is 1. The summed E-state index contributed by atoms with van der Waals surface area (Å²) in [7, 11) is 3.78. The average Bonchev–Trinajstić information content (AvgIpc) is 2.63. The lowest BCUT2D eigenvalue weighted by atomic mass is 10.0. The van der Waals surface area contributed by atoms with E-state index in [0.29, 0.717) is 6.42 Å². The molecule has 0 aliphatic rings. The van der Waals surface area contributed by atoms with Gasteiger partial charge in [-0.25, -0.2) is 0 Å². The summed E-state index contributed by atoms with van der Waals surface area (Å²) in [5, 5.41) is 0. The molecule has 3 nitrogen and oxygen atoms in total. The second-order valence-corrected chi connectivity index (χ2v) is 8.48. The van der Waals surface area contributed by atoms with Crippen LogP contribution in [0.5, 0.6) is 0 Å². The molecule has 0 aromatic heterocycles. The molecule has 0 heterocycles. The number of carbonyl (C=O) groups excluding carboxylic acids is 1. The fraction of sp³-hybridized carbons (Fsp3) is 0.875. The summed E-state index contributed by atoms with van der Waals surface area (Å²) in [6.45, 7) is 10.4. The first-order valence-electron chi connectivity index (χ1n) is 11.4. The molecule has 0 rings (SSSR count). The molecule has 0 N–H and O–H groups in total. The van der Waals surface area contributed by atoms with Crippen molar-refractivity contribution in [3.63, 3.8) is 0 Å². The Kier molecular flexibility index (Phi) is 17.2. The Morgan fingerprint density at radius 1 is 0.741 bits per heavy atom. The zero-order valence-corrected chi connectivity index (χ0v) is 18.7. The molecule has 27 heavy (non-hydrogen) atoms. The van der Waals surface area contributed by atoms with Gasteiger partial charge in [0.1, 0.15) is 6.61 Å². The molecule has 0 saturated heterocycles. The lowest BCUT2D eigenvalue weighted by Gasteiger charge is -2.31. The van der Waals surface area contributed by atoms with Gasteiger partial charge in [0.2, 0.25) is 0 Å². The highest BCUT2D eigenvalue weighted by molar-refractivity contribution is 5.69. The maximum atomic E-state index is 11.7. The SMILES string of the molecule is [CH2]C([CH2])(COC(=O)CCCCCCCCCCCCCCCCC)N(C)C. The van der Waals surface area contributed by atoms with Crippen molar-refractivity contribution >= 4 is 5.97 Å². The summed E-state index contributed by atoms with van der Waals surface area (Å²) >= 11 is 0. The number of hydrogen-bond donors (Lipinski definition) is 0. The minimum absolute atomic E-state index is 0.122. The zero-order chi connectivity index (χ0) is 20.4. The van der Waals surface area contributed by atoms with Gasteiger partial charge >= 0.3 is 5.97 Å². The highest BCUT2D eigenvalue weighted by atomic mass is 16.5. The Hall–Kier alpha value is -0.570. The van der Waals surface area contributed by atoms with Crippen LogP contribution in [0, 0.1) is 13.8 Å². The van der Waals surface area contributed by atoms with Gasteiger partial charge in [0, 0.05) is 6.42 Å². The van der Waals surface area contributed by atoms with Crippen LogP contribution in [0.4, 0.5) is 0 Å². The number of carbonyl (C=O) groups is 1. The van der Waals surface area contributed by atoms with Crippen molar-refractivity contribution < 1.29 is 9.53 Å². The molecule has 2 radical (unpaired) electrons. The van der Waals surface area contributed by atoms with Crippen LogP contribution in [0.1, 0.15) is 110 Å². The number of rotatable bonds is 19. The Morgan fingerprint density at radius 2 is 1.11 bits per heavy atom. The fourth-order valence-corrected chi connectivity index (χ4v) is 3.06. The van der Waals surface area contributed by atoms with Gasteiger partial charge in [0.25, 0.3) is 0 Å². The predicted octanol–water partition coefficient (Wildman–Crippen LogP) is 6.76. The molecule has 0 aliphatic heterocycles. The van der Waals surface area contributed by atoms with Gasteiger partial charge in [-0.1, -0.05) is 96.8 Å². The van der Waals surface area contributed by atoms with Crippen LogP contribution in [0.2, 0.25) is 0 Å². The van der Waals surface area contributed by atoms with Crippen LogP contribution in [0.25, 0.3) is 0 Å². The number of esters is 1. The third-order valence-corrected chi connectivity index (χ3v) is 5.43. The Balaban J connectivity index is 3.28. The summed E-state index contributed by atoms with van der Waals surface area (Å²) in [6.07, 6.45) is 20.5. The number of likely N-dealkylation sites (N-methyl/N-ethyl adjacent to an activating group) is 1. The predicted molar refractivity (Wildman–Crippen MR) is 118 cm³/mol. The number of nitrogens with zero attached hydrogens (tertiary/aromatic N) is 1. The van der Waals surface area contributed by atoms with E-state index in [1.165, 1.54) is 83.5 Å². The van der Waals surface area contributed by atoms with E-state index in [2.05, 4.69) is 20.8 Å².